The lowest BCUT2D eigenvalue weighted by Gasteiger charge is -2.17. The molecule has 0 radical (unpaired) electrons. The zero-order valence-electron chi connectivity index (χ0n) is 10.6. The maximum atomic E-state index is 11.2. The van der Waals surface area contributed by atoms with Crippen molar-refractivity contribution in [1.82, 2.24) is 10.1 Å². The van der Waals surface area contributed by atoms with Crippen LogP contribution in [0.15, 0.2) is 4.52 Å². The molecule has 0 atom stereocenters. The normalized spacial score (nSPS) is 17.9. The van der Waals surface area contributed by atoms with E-state index in [-0.39, 0.29) is 12.4 Å². The van der Waals surface area contributed by atoms with Crippen LogP contribution in [0.5, 0.6) is 0 Å². The summed E-state index contributed by atoms with van der Waals surface area (Å²) in [5, 5.41) is 3.93. The van der Waals surface area contributed by atoms with Crippen LogP contribution in [0.25, 0.3) is 0 Å². The van der Waals surface area contributed by atoms with Crippen molar-refractivity contribution in [2.45, 2.75) is 51.0 Å². The van der Waals surface area contributed by atoms with Gasteiger partial charge >= 0.3 is 5.97 Å². The number of rotatable bonds is 5. The Labute approximate surface area is 106 Å². The van der Waals surface area contributed by atoms with Crippen molar-refractivity contribution in [2.75, 3.05) is 6.61 Å². The number of carbonyl (C=O) groups excluding carboxylic acids is 1. The number of hydrogen-bond donors (Lipinski definition) is 1. The number of nitrogens with two attached hydrogens (primary N) is 1. The van der Waals surface area contributed by atoms with Crippen molar-refractivity contribution < 1.29 is 14.1 Å². The molecule has 1 saturated carbocycles. The van der Waals surface area contributed by atoms with Crippen LogP contribution in [0.2, 0.25) is 0 Å². The van der Waals surface area contributed by atoms with Gasteiger partial charge in [0.05, 0.1) is 18.6 Å². The van der Waals surface area contributed by atoms with Crippen LogP contribution in [0.3, 0.4) is 0 Å². The van der Waals surface area contributed by atoms with Gasteiger partial charge < -0.3 is 15.0 Å². The highest BCUT2D eigenvalue weighted by atomic mass is 16.5. The quantitative estimate of drug-likeness (QED) is 0.795. The van der Waals surface area contributed by atoms with Gasteiger partial charge in [-0.15, -0.1) is 0 Å². The van der Waals surface area contributed by atoms with Gasteiger partial charge in [-0.05, 0) is 19.8 Å². The summed E-state index contributed by atoms with van der Waals surface area (Å²) in [6.45, 7) is 2.17. The molecular weight excluding hydrogens is 234 g/mol. The minimum atomic E-state index is -0.439. The predicted octanol–water partition coefficient (Wildman–Crippen LogP) is 1.29. The number of nitrogens with zero attached hydrogens (tertiary/aromatic N) is 2. The molecule has 1 aliphatic carbocycles. The minimum absolute atomic E-state index is 0.249. The lowest BCUT2D eigenvalue weighted by Crippen LogP contribution is -2.34. The van der Waals surface area contributed by atoms with Crippen molar-refractivity contribution >= 4 is 5.97 Å². The maximum absolute atomic E-state index is 11.2. The Bertz CT molecular complexity index is 410. The van der Waals surface area contributed by atoms with Gasteiger partial charge in [0, 0.05) is 6.42 Å². The number of ether oxygens (including phenoxy) is 1. The second-order valence-corrected chi connectivity index (χ2v) is 4.68. The van der Waals surface area contributed by atoms with Gasteiger partial charge in [-0.2, -0.15) is 4.98 Å². The zero-order valence-corrected chi connectivity index (χ0v) is 10.6. The number of hydrogen-bond acceptors (Lipinski definition) is 6. The Hall–Kier alpha value is -1.43. The van der Waals surface area contributed by atoms with Gasteiger partial charge in [0.15, 0.2) is 5.82 Å². The maximum Gasteiger partial charge on any atom is 0.306 e. The smallest absolute Gasteiger partial charge is 0.306 e. The van der Waals surface area contributed by atoms with Crippen molar-refractivity contribution in [3.8, 4) is 0 Å². The van der Waals surface area contributed by atoms with E-state index in [9.17, 15) is 4.79 Å². The largest absolute Gasteiger partial charge is 0.466 e. The zero-order chi connectivity index (χ0) is 13.0. The number of aryl methyl sites for hydroxylation is 1. The molecule has 2 rings (SSSR count). The average Bonchev–Trinajstić information content (AvgIpc) is 2.96. The SMILES string of the molecule is CCOC(=O)CCc1nc(C2(N)CCCC2)no1. The predicted molar refractivity (Wildman–Crippen MR) is 63.6 cm³/mol. The third-order valence-electron chi connectivity index (χ3n) is 3.26. The van der Waals surface area contributed by atoms with Gasteiger partial charge in [0.2, 0.25) is 5.89 Å². The molecule has 100 valence electrons. The molecule has 0 aliphatic heterocycles. The van der Waals surface area contributed by atoms with E-state index >= 15 is 0 Å². The molecular formula is C12H19N3O3. The molecule has 6 nitrogen and oxygen atoms in total. The van der Waals surface area contributed by atoms with Gasteiger partial charge in [-0.25, -0.2) is 0 Å². The second kappa shape index (κ2) is 5.48. The summed E-state index contributed by atoms with van der Waals surface area (Å²) in [6, 6.07) is 0. The van der Waals surface area contributed by atoms with E-state index in [4.69, 9.17) is 15.0 Å². The summed E-state index contributed by atoms with van der Waals surface area (Å²) in [4.78, 5) is 15.5. The first-order chi connectivity index (χ1) is 8.64. The molecule has 0 amide bonds. The van der Waals surface area contributed by atoms with Crippen LogP contribution in [0, 0.1) is 0 Å². The van der Waals surface area contributed by atoms with Gasteiger partial charge in [0.25, 0.3) is 0 Å². The first-order valence-electron chi connectivity index (χ1n) is 6.41. The Morgan fingerprint density at radius 1 is 1.50 bits per heavy atom. The lowest BCUT2D eigenvalue weighted by atomic mass is 9.99. The van der Waals surface area contributed by atoms with E-state index in [1.54, 1.807) is 6.92 Å². The monoisotopic (exact) mass is 253 g/mol. The molecule has 1 heterocycles. The van der Waals surface area contributed by atoms with Gasteiger partial charge in [-0.1, -0.05) is 18.0 Å². The van der Waals surface area contributed by atoms with Crippen molar-refractivity contribution in [2.24, 2.45) is 5.73 Å². The highest BCUT2D eigenvalue weighted by Crippen LogP contribution is 2.34. The fraction of sp³-hybridized carbons (Fsp3) is 0.750. The van der Waals surface area contributed by atoms with Crippen LogP contribution < -0.4 is 5.73 Å². The highest BCUT2D eigenvalue weighted by Gasteiger charge is 2.35. The van der Waals surface area contributed by atoms with Crippen LogP contribution in [-0.4, -0.2) is 22.7 Å². The van der Waals surface area contributed by atoms with E-state index in [0.717, 1.165) is 25.7 Å². The summed E-state index contributed by atoms with van der Waals surface area (Å²) in [5.74, 6) is 0.772. The molecule has 1 aromatic rings. The average molecular weight is 253 g/mol. The van der Waals surface area contributed by atoms with E-state index in [0.29, 0.717) is 24.7 Å². The van der Waals surface area contributed by atoms with Gasteiger partial charge in [-0.3, -0.25) is 4.79 Å². The van der Waals surface area contributed by atoms with Crippen LogP contribution in [-0.2, 0) is 21.5 Å². The highest BCUT2D eigenvalue weighted by molar-refractivity contribution is 5.69. The van der Waals surface area contributed by atoms with Crippen LogP contribution in [0.1, 0.15) is 50.7 Å². The molecule has 18 heavy (non-hydrogen) atoms. The molecule has 1 fully saturated rings. The number of esters is 1. The van der Waals surface area contributed by atoms with Crippen molar-refractivity contribution in [1.29, 1.82) is 0 Å². The summed E-state index contributed by atoms with van der Waals surface area (Å²) in [7, 11) is 0. The molecule has 1 aromatic heterocycles. The standard InChI is InChI=1S/C12H19N3O3/c1-2-17-10(16)6-5-9-14-11(15-18-9)12(13)7-3-4-8-12/h2-8,13H2,1H3. The molecule has 0 unspecified atom stereocenters. The Kier molecular flexibility index (Phi) is 3.96. The van der Waals surface area contributed by atoms with E-state index in [1.165, 1.54) is 0 Å². The fourth-order valence-corrected chi connectivity index (χ4v) is 2.23. The van der Waals surface area contributed by atoms with Crippen LogP contribution in [0.4, 0.5) is 0 Å². The minimum Gasteiger partial charge on any atom is -0.466 e. The van der Waals surface area contributed by atoms with E-state index < -0.39 is 5.54 Å². The Morgan fingerprint density at radius 2 is 2.22 bits per heavy atom. The summed E-state index contributed by atoms with van der Waals surface area (Å²) >= 11 is 0. The summed E-state index contributed by atoms with van der Waals surface area (Å²) in [5.41, 5.74) is 5.78. The van der Waals surface area contributed by atoms with Gasteiger partial charge in [0.1, 0.15) is 0 Å². The topological polar surface area (TPSA) is 91.2 Å². The van der Waals surface area contributed by atoms with Crippen molar-refractivity contribution in [3.63, 3.8) is 0 Å². The third-order valence-corrected chi connectivity index (χ3v) is 3.26. The van der Waals surface area contributed by atoms with Crippen molar-refractivity contribution in [3.05, 3.63) is 11.7 Å². The molecule has 0 aromatic carbocycles. The molecule has 1 aliphatic rings. The Balaban J connectivity index is 1.92. The molecule has 6 heteroatoms. The third kappa shape index (κ3) is 2.87. The summed E-state index contributed by atoms with van der Waals surface area (Å²) in [6.07, 6.45) is 4.65. The summed E-state index contributed by atoms with van der Waals surface area (Å²) < 4.78 is 9.96. The molecule has 0 spiro atoms. The lowest BCUT2D eigenvalue weighted by molar-refractivity contribution is -0.143. The first-order valence-corrected chi connectivity index (χ1v) is 6.41. The molecule has 0 saturated heterocycles. The fourth-order valence-electron chi connectivity index (χ4n) is 2.23. The van der Waals surface area contributed by atoms with E-state index in [2.05, 4.69) is 10.1 Å². The second-order valence-electron chi connectivity index (χ2n) is 4.68. The number of carbonyl (C=O) groups is 1. The van der Waals surface area contributed by atoms with Crippen LogP contribution >= 0.6 is 0 Å². The first kappa shape index (κ1) is 13.0. The Morgan fingerprint density at radius 3 is 2.89 bits per heavy atom. The number of aromatic nitrogens is 2. The molecule has 0 bridgehead atoms. The van der Waals surface area contributed by atoms with E-state index in [1.807, 2.05) is 0 Å². The molecule has 2 N–H and O–H groups in total.